The summed E-state index contributed by atoms with van der Waals surface area (Å²) in [5.41, 5.74) is 11.7. The van der Waals surface area contributed by atoms with E-state index in [4.69, 9.17) is 33.4 Å². The van der Waals surface area contributed by atoms with E-state index in [1.807, 2.05) is 94.3 Å². The number of carbonyl (C=O) groups is 2. The normalized spacial score (nSPS) is 20.6. The third kappa shape index (κ3) is 11.4. The Morgan fingerprint density at radius 3 is 1.21 bits per heavy atom. The molecule has 6 heterocycles. The third-order valence-corrected chi connectivity index (χ3v) is 16.2. The lowest BCUT2D eigenvalue weighted by Gasteiger charge is -2.22. The average Bonchev–Trinajstić information content (AvgIpc) is 3.61. The Hall–Kier alpha value is -4.72. The summed E-state index contributed by atoms with van der Waals surface area (Å²) in [6.07, 6.45) is 14.3. The molecule has 4 saturated heterocycles. The highest BCUT2D eigenvalue weighted by Crippen LogP contribution is 2.40. The highest BCUT2D eigenvalue weighted by atomic mass is 35.5. The van der Waals surface area contributed by atoms with E-state index in [1.165, 1.54) is 88.7 Å². The molecule has 4 N–H and O–H groups in total. The van der Waals surface area contributed by atoms with Crippen molar-refractivity contribution in [2.45, 2.75) is 77.0 Å². The molecule has 0 radical (unpaired) electrons. The molecule has 0 unspecified atom stereocenters. The average molecular weight is 1040 g/mol. The minimum Gasteiger partial charge on any atom is -0.412 e. The number of para-hydroxylation sites is 2. The van der Waals surface area contributed by atoms with E-state index in [0.29, 0.717) is 24.5 Å². The minimum absolute atomic E-state index is 0. The van der Waals surface area contributed by atoms with Gasteiger partial charge in [-0.1, -0.05) is 71.7 Å². The Bertz CT molecular complexity index is 2570. The summed E-state index contributed by atoms with van der Waals surface area (Å²) >= 11 is 12.6. The van der Waals surface area contributed by atoms with Crippen LogP contribution in [0.15, 0.2) is 97.1 Å². The van der Waals surface area contributed by atoms with Gasteiger partial charge in [0.15, 0.2) is 11.4 Å². The number of aromatic nitrogens is 4. The molecule has 8 aliphatic rings. The van der Waals surface area contributed by atoms with Crippen molar-refractivity contribution in [1.82, 2.24) is 40.0 Å². The SMILES string of the molecule is Cl.Cl.O.O=C(NCCN1CC2CCC(CC2)C1)c1nn(-c2ccccc2)c2c1CCc1cc(Cl)ccc1-2.O=C(NCCN1CC2CCC(CC2)C1)c1nn(-c2ccccc2)c2c1CCc1cc(Cl)ccc1-2. The van der Waals surface area contributed by atoms with Gasteiger partial charge in [-0.3, -0.25) is 9.59 Å². The maximum atomic E-state index is 13.4. The van der Waals surface area contributed by atoms with Gasteiger partial charge in [0.1, 0.15) is 0 Å². The van der Waals surface area contributed by atoms with Gasteiger partial charge in [0.25, 0.3) is 11.8 Å². The van der Waals surface area contributed by atoms with E-state index in [2.05, 4.69) is 32.6 Å². The van der Waals surface area contributed by atoms with Gasteiger partial charge in [-0.2, -0.15) is 10.2 Å². The van der Waals surface area contributed by atoms with Crippen LogP contribution in [0.4, 0.5) is 0 Å². The predicted octanol–water partition coefficient (Wildman–Crippen LogP) is 10.3. The van der Waals surface area contributed by atoms with E-state index in [0.717, 1.165) is 118 Å². The highest BCUT2D eigenvalue weighted by Gasteiger charge is 2.33. The van der Waals surface area contributed by atoms with Crippen molar-refractivity contribution >= 4 is 59.8 Å². The lowest BCUT2D eigenvalue weighted by atomic mass is 9.84. The zero-order valence-electron chi connectivity index (χ0n) is 40.3. The van der Waals surface area contributed by atoms with Crippen LogP contribution in [-0.2, 0) is 25.7 Å². The van der Waals surface area contributed by atoms with Crippen LogP contribution in [0.25, 0.3) is 33.9 Å². The Labute approximate surface area is 440 Å². The van der Waals surface area contributed by atoms with Crippen LogP contribution in [0.5, 0.6) is 0 Å². The topological polar surface area (TPSA) is 132 Å². The maximum absolute atomic E-state index is 13.4. The van der Waals surface area contributed by atoms with Crippen LogP contribution in [0.2, 0.25) is 10.0 Å². The summed E-state index contributed by atoms with van der Waals surface area (Å²) < 4.78 is 3.87. The molecule has 14 rings (SSSR count). The van der Waals surface area contributed by atoms with Gasteiger partial charge < -0.3 is 25.9 Å². The Kier molecular flexibility index (Phi) is 17.4. The van der Waals surface area contributed by atoms with Gasteiger partial charge in [-0.25, -0.2) is 9.36 Å². The first-order valence-electron chi connectivity index (χ1n) is 25.2. The van der Waals surface area contributed by atoms with Crippen LogP contribution in [0.3, 0.4) is 0 Å². The van der Waals surface area contributed by atoms with E-state index >= 15 is 0 Å². The van der Waals surface area contributed by atoms with Crippen molar-refractivity contribution < 1.29 is 15.1 Å². The van der Waals surface area contributed by atoms with Crippen LogP contribution in [-0.4, -0.2) is 99.0 Å². The number of benzene rings is 4. The molecule has 2 amide bonds. The number of rotatable bonds is 10. The summed E-state index contributed by atoms with van der Waals surface area (Å²) in [6, 6.07) is 32.2. The summed E-state index contributed by atoms with van der Waals surface area (Å²) in [4.78, 5) is 31.8. The molecule has 11 nitrogen and oxygen atoms in total. The first-order chi connectivity index (χ1) is 33.3. The number of amides is 2. The van der Waals surface area contributed by atoms with Crippen molar-refractivity contribution in [3.05, 3.63) is 141 Å². The Morgan fingerprint density at radius 2 is 0.859 bits per heavy atom. The number of hydrogen-bond acceptors (Lipinski definition) is 6. The molecule has 15 heteroatoms. The second-order valence-electron chi connectivity index (χ2n) is 20.3. The monoisotopic (exact) mass is 1040 g/mol. The molecule has 4 bridgehead atoms. The fraction of sp³-hybridized carbons (Fsp3) is 0.429. The minimum atomic E-state index is -0.0684. The summed E-state index contributed by atoms with van der Waals surface area (Å²) in [6.45, 7) is 7.90. The van der Waals surface area contributed by atoms with E-state index in [9.17, 15) is 9.59 Å². The fourth-order valence-electron chi connectivity index (χ4n) is 12.3. The molecule has 71 heavy (non-hydrogen) atoms. The van der Waals surface area contributed by atoms with Crippen LogP contribution >= 0.6 is 48.0 Å². The molecule has 0 spiro atoms. The molecule has 376 valence electrons. The second-order valence-corrected chi connectivity index (χ2v) is 21.1. The number of aryl methyl sites for hydroxylation is 2. The molecular weight excluding hydrogens is 974 g/mol. The van der Waals surface area contributed by atoms with Crippen molar-refractivity contribution in [3.63, 3.8) is 0 Å². The first-order valence-corrected chi connectivity index (χ1v) is 26.0. The van der Waals surface area contributed by atoms with E-state index < -0.39 is 0 Å². The summed E-state index contributed by atoms with van der Waals surface area (Å²) in [5, 5.41) is 17.6. The molecule has 2 saturated carbocycles. The zero-order chi connectivity index (χ0) is 46.1. The number of carbonyl (C=O) groups excluding carboxylic acids is 2. The standard InChI is InChI=1S/2C28H31ClN4O.2ClH.H2O/c2*29-22-11-13-24-21(16-22)10-12-25-26(31-33(27(24)25)23-4-2-1-3-5-23)28(34)30-14-15-32-17-19-6-7-20(18-32)9-8-19;;;/h2*1-5,11,13,16,19-20H,6-10,12,14-15,17-18H2,(H,30,34);2*1H;1H2. The van der Waals surface area contributed by atoms with Gasteiger partial charge in [-0.15, -0.1) is 24.8 Å². The molecule has 4 aliphatic heterocycles. The van der Waals surface area contributed by atoms with Crippen LogP contribution in [0.1, 0.15) is 94.6 Å². The predicted molar refractivity (Wildman–Crippen MR) is 289 cm³/mol. The first kappa shape index (κ1) is 52.6. The third-order valence-electron chi connectivity index (χ3n) is 15.8. The number of halogens is 4. The number of nitrogens with zero attached hydrogens (tertiary/aromatic N) is 6. The van der Waals surface area contributed by atoms with Crippen molar-refractivity contribution in [3.8, 4) is 33.9 Å². The largest absolute Gasteiger partial charge is 0.412 e. The molecule has 2 aromatic heterocycles. The lowest BCUT2D eigenvalue weighted by Crippen LogP contribution is -2.37. The highest BCUT2D eigenvalue weighted by molar-refractivity contribution is 6.31. The molecule has 4 aliphatic carbocycles. The molecular formula is C56H66Cl4N8O3. The van der Waals surface area contributed by atoms with E-state index in [1.54, 1.807) is 0 Å². The second kappa shape index (κ2) is 23.4. The van der Waals surface area contributed by atoms with Gasteiger partial charge in [-0.05, 0) is 160 Å². The number of nitrogens with one attached hydrogen (secondary N) is 2. The molecule has 0 atom stereocenters. The van der Waals surface area contributed by atoms with Crippen molar-refractivity contribution in [1.29, 1.82) is 0 Å². The van der Waals surface area contributed by atoms with Gasteiger partial charge >= 0.3 is 0 Å². The Balaban J connectivity index is 0.000000183. The smallest absolute Gasteiger partial charge is 0.272 e. The van der Waals surface area contributed by atoms with E-state index in [-0.39, 0.29) is 42.1 Å². The quantitative estimate of drug-likeness (QED) is 0.140. The van der Waals surface area contributed by atoms with Crippen molar-refractivity contribution in [2.24, 2.45) is 23.7 Å². The summed E-state index contributed by atoms with van der Waals surface area (Å²) in [7, 11) is 0. The molecule has 6 aromatic rings. The molecule has 4 aromatic carbocycles. The number of fused-ring (bicyclic) bond motifs is 14. The Morgan fingerprint density at radius 1 is 0.507 bits per heavy atom. The summed E-state index contributed by atoms with van der Waals surface area (Å²) in [5.74, 6) is 3.24. The fourth-order valence-corrected chi connectivity index (χ4v) is 12.7. The van der Waals surface area contributed by atoms with Gasteiger partial charge in [0, 0.05) is 84.7 Å². The van der Waals surface area contributed by atoms with Crippen LogP contribution in [0, 0.1) is 23.7 Å². The maximum Gasteiger partial charge on any atom is 0.272 e. The van der Waals surface area contributed by atoms with Gasteiger partial charge in [0.2, 0.25) is 0 Å². The van der Waals surface area contributed by atoms with Crippen LogP contribution < -0.4 is 10.6 Å². The lowest BCUT2D eigenvalue weighted by molar-refractivity contribution is 0.0933. The molecule has 6 fully saturated rings. The van der Waals surface area contributed by atoms with Crippen molar-refractivity contribution in [2.75, 3.05) is 52.4 Å². The number of hydrogen-bond donors (Lipinski definition) is 2. The zero-order valence-corrected chi connectivity index (χ0v) is 43.4. The van der Waals surface area contributed by atoms with Gasteiger partial charge in [0.05, 0.1) is 22.8 Å².